The Bertz CT molecular complexity index is 723. The Hall–Kier alpha value is -2.43. The van der Waals surface area contributed by atoms with Gasteiger partial charge in [-0.3, -0.25) is 0 Å². The number of hydrogen-bond acceptors (Lipinski definition) is 4. The number of aromatic nitrogens is 2. The number of ether oxygens (including phenoxy) is 1. The van der Waals surface area contributed by atoms with Crippen molar-refractivity contribution in [2.75, 3.05) is 6.54 Å². The molecule has 0 spiro atoms. The standard InChI is InChI=1S/C19H23N3O2/c1-19(2,3)24-18(23)22-10-9-16-15(13-22)12-20-17(21-16)11-14-7-5-4-6-8-14/h4-8,12H,9-11,13H2,1-3H3. The second-order valence-corrected chi connectivity index (χ2v) is 7.07. The fourth-order valence-corrected chi connectivity index (χ4v) is 2.70. The first-order valence-corrected chi connectivity index (χ1v) is 8.26. The summed E-state index contributed by atoms with van der Waals surface area (Å²) in [7, 11) is 0. The number of nitrogens with zero attached hydrogens (tertiary/aromatic N) is 3. The zero-order chi connectivity index (χ0) is 17.2. The lowest BCUT2D eigenvalue weighted by Crippen LogP contribution is -2.40. The zero-order valence-corrected chi connectivity index (χ0v) is 14.5. The van der Waals surface area contributed by atoms with E-state index in [9.17, 15) is 4.79 Å². The smallest absolute Gasteiger partial charge is 0.410 e. The summed E-state index contributed by atoms with van der Waals surface area (Å²) in [6.07, 6.45) is 3.03. The van der Waals surface area contributed by atoms with Crippen LogP contribution in [0.5, 0.6) is 0 Å². The van der Waals surface area contributed by atoms with Crippen LogP contribution in [0.15, 0.2) is 36.5 Å². The van der Waals surface area contributed by atoms with Gasteiger partial charge in [0.15, 0.2) is 0 Å². The van der Waals surface area contributed by atoms with E-state index >= 15 is 0 Å². The monoisotopic (exact) mass is 325 g/mol. The van der Waals surface area contributed by atoms with Crippen LogP contribution in [0.1, 0.15) is 43.4 Å². The first-order chi connectivity index (χ1) is 11.4. The molecule has 0 atom stereocenters. The molecular weight excluding hydrogens is 302 g/mol. The topological polar surface area (TPSA) is 55.3 Å². The molecular formula is C19H23N3O2. The molecule has 2 aromatic rings. The first kappa shape index (κ1) is 16.4. The molecule has 1 amide bonds. The molecule has 0 N–H and O–H groups in total. The third kappa shape index (κ3) is 4.10. The number of amides is 1. The average molecular weight is 325 g/mol. The van der Waals surface area contributed by atoms with Crippen molar-refractivity contribution in [1.82, 2.24) is 14.9 Å². The lowest BCUT2D eigenvalue weighted by Gasteiger charge is -2.30. The molecule has 3 rings (SSSR count). The number of benzene rings is 1. The van der Waals surface area contributed by atoms with Gasteiger partial charge in [-0.2, -0.15) is 0 Å². The lowest BCUT2D eigenvalue weighted by molar-refractivity contribution is 0.0222. The summed E-state index contributed by atoms with van der Waals surface area (Å²) in [6.45, 7) is 6.77. The first-order valence-electron chi connectivity index (χ1n) is 8.26. The molecule has 5 heteroatoms. The summed E-state index contributed by atoms with van der Waals surface area (Å²) in [6, 6.07) is 10.2. The van der Waals surface area contributed by atoms with Gasteiger partial charge in [-0.1, -0.05) is 30.3 Å². The van der Waals surface area contributed by atoms with Crippen molar-refractivity contribution < 1.29 is 9.53 Å². The lowest BCUT2D eigenvalue weighted by atomic mass is 10.1. The molecule has 2 heterocycles. The average Bonchev–Trinajstić information content (AvgIpc) is 2.53. The maximum atomic E-state index is 12.2. The SMILES string of the molecule is CC(C)(C)OC(=O)N1CCc2nc(Cc3ccccc3)ncc2C1. The van der Waals surface area contributed by atoms with Gasteiger partial charge in [-0.05, 0) is 26.3 Å². The largest absolute Gasteiger partial charge is 0.444 e. The van der Waals surface area contributed by atoms with Crippen LogP contribution >= 0.6 is 0 Å². The highest BCUT2D eigenvalue weighted by atomic mass is 16.6. The molecule has 0 saturated heterocycles. The van der Waals surface area contributed by atoms with E-state index in [4.69, 9.17) is 4.74 Å². The molecule has 0 saturated carbocycles. The number of rotatable bonds is 2. The summed E-state index contributed by atoms with van der Waals surface area (Å²) < 4.78 is 5.44. The second-order valence-electron chi connectivity index (χ2n) is 7.07. The minimum atomic E-state index is -0.479. The van der Waals surface area contributed by atoms with E-state index in [1.807, 2.05) is 45.2 Å². The summed E-state index contributed by atoms with van der Waals surface area (Å²) in [5, 5.41) is 0. The van der Waals surface area contributed by atoms with Crippen molar-refractivity contribution in [3.05, 3.63) is 59.2 Å². The number of carbonyl (C=O) groups excluding carboxylic acids is 1. The van der Waals surface area contributed by atoms with Crippen molar-refractivity contribution in [1.29, 1.82) is 0 Å². The predicted octanol–water partition coefficient (Wildman–Crippen LogP) is 3.36. The number of fused-ring (bicyclic) bond motifs is 1. The van der Waals surface area contributed by atoms with Crippen molar-refractivity contribution in [3.8, 4) is 0 Å². The Labute approximate surface area is 142 Å². The fourth-order valence-electron chi connectivity index (χ4n) is 2.70. The minimum absolute atomic E-state index is 0.276. The van der Waals surface area contributed by atoms with E-state index in [2.05, 4.69) is 22.1 Å². The molecule has 0 aliphatic carbocycles. The second kappa shape index (κ2) is 6.59. The minimum Gasteiger partial charge on any atom is -0.444 e. The van der Waals surface area contributed by atoms with Gasteiger partial charge in [0.2, 0.25) is 0 Å². The highest BCUT2D eigenvalue weighted by molar-refractivity contribution is 5.68. The number of carbonyl (C=O) groups is 1. The Morgan fingerprint density at radius 1 is 1.25 bits per heavy atom. The molecule has 0 unspecified atom stereocenters. The zero-order valence-electron chi connectivity index (χ0n) is 14.5. The molecule has 24 heavy (non-hydrogen) atoms. The molecule has 126 valence electrons. The Morgan fingerprint density at radius 2 is 2.00 bits per heavy atom. The van der Waals surface area contributed by atoms with Gasteiger partial charge in [0.05, 0.1) is 12.2 Å². The van der Waals surface area contributed by atoms with Gasteiger partial charge in [0.1, 0.15) is 11.4 Å². The molecule has 1 aliphatic rings. The van der Waals surface area contributed by atoms with Crippen molar-refractivity contribution in [3.63, 3.8) is 0 Å². The van der Waals surface area contributed by atoms with Crippen LogP contribution in [0.3, 0.4) is 0 Å². The van der Waals surface area contributed by atoms with Crippen LogP contribution in [0, 0.1) is 0 Å². The molecule has 0 fully saturated rings. The van der Waals surface area contributed by atoms with Crippen LogP contribution in [0.2, 0.25) is 0 Å². The third-order valence-corrected chi connectivity index (χ3v) is 3.84. The fraction of sp³-hybridized carbons (Fsp3) is 0.421. The van der Waals surface area contributed by atoms with Crippen molar-refractivity contribution >= 4 is 6.09 Å². The van der Waals surface area contributed by atoms with Gasteiger partial charge in [0.25, 0.3) is 0 Å². The summed E-state index contributed by atoms with van der Waals surface area (Å²) >= 11 is 0. The highest BCUT2D eigenvalue weighted by Crippen LogP contribution is 2.20. The van der Waals surface area contributed by atoms with Crippen molar-refractivity contribution in [2.24, 2.45) is 0 Å². The summed E-state index contributed by atoms with van der Waals surface area (Å²) in [5.74, 6) is 0.825. The maximum absolute atomic E-state index is 12.2. The molecule has 1 aliphatic heterocycles. The van der Waals surface area contributed by atoms with Gasteiger partial charge in [0, 0.05) is 31.1 Å². The maximum Gasteiger partial charge on any atom is 0.410 e. The summed E-state index contributed by atoms with van der Waals surface area (Å²) in [4.78, 5) is 23.1. The van der Waals surface area contributed by atoms with E-state index in [1.165, 1.54) is 5.56 Å². The molecule has 5 nitrogen and oxygen atoms in total. The molecule has 0 radical (unpaired) electrons. The van der Waals surface area contributed by atoms with Crippen LogP contribution in [-0.2, 0) is 24.1 Å². The van der Waals surface area contributed by atoms with E-state index in [1.54, 1.807) is 4.90 Å². The normalized spacial score (nSPS) is 14.2. The van der Waals surface area contributed by atoms with Crippen LogP contribution in [0.25, 0.3) is 0 Å². The molecule has 1 aromatic carbocycles. The highest BCUT2D eigenvalue weighted by Gasteiger charge is 2.26. The third-order valence-electron chi connectivity index (χ3n) is 3.84. The van der Waals surface area contributed by atoms with Crippen LogP contribution in [0.4, 0.5) is 4.79 Å². The number of hydrogen-bond donors (Lipinski definition) is 0. The Morgan fingerprint density at radius 3 is 2.71 bits per heavy atom. The molecule has 1 aromatic heterocycles. The molecule has 0 bridgehead atoms. The van der Waals surface area contributed by atoms with Gasteiger partial charge in [-0.25, -0.2) is 14.8 Å². The Balaban J connectivity index is 1.69. The summed E-state index contributed by atoms with van der Waals surface area (Å²) in [5.41, 5.74) is 2.76. The van der Waals surface area contributed by atoms with Crippen LogP contribution < -0.4 is 0 Å². The van der Waals surface area contributed by atoms with E-state index < -0.39 is 5.60 Å². The predicted molar refractivity (Wildman–Crippen MR) is 91.6 cm³/mol. The quantitative estimate of drug-likeness (QED) is 0.849. The van der Waals surface area contributed by atoms with Gasteiger partial charge < -0.3 is 9.64 Å². The van der Waals surface area contributed by atoms with Crippen LogP contribution in [-0.4, -0.2) is 33.1 Å². The van der Waals surface area contributed by atoms with E-state index in [0.29, 0.717) is 13.1 Å². The van der Waals surface area contributed by atoms with Crippen molar-refractivity contribution in [2.45, 2.75) is 45.8 Å². The Kier molecular flexibility index (Phi) is 4.51. The van der Waals surface area contributed by atoms with Gasteiger partial charge in [-0.15, -0.1) is 0 Å². The van der Waals surface area contributed by atoms with E-state index in [0.717, 1.165) is 29.9 Å². The van der Waals surface area contributed by atoms with Gasteiger partial charge >= 0.3 is 6.09 Å². The van der Waals surface area contributed by atoms with E-state index in [-0.39, 0.29) is 6.09 Å².